The average molecular weight is 292 g/mol. The lowest BCUT2D eigenvalue weighted by molar-refractivity contribution is 0.248. The molecule has 2 aromatic rings. The van der Waals surface area contributed by atoms with Crippen molar-refractivity contribution in [2.24, 2.45) is 0 Å². The molecule has 0 saturated heterocycles. The van der Waals surface area contributed by atoms with Crippen molar-refractivity contribution in [3.8, 4) is 0 Å². The highest BCUT2D eigenvalue weighted by Crippen LogP contribution is 2.26. The van der Waals surface area contributed by atoms with E-state index in [1.54, 1.807) is 6.07 Å². The Labute approximate surface area is 129 Å². The SMILES string of the molecule is [C-]#[N+]c1ccc2c(c1)C[C@H](NC(=O)Nc1ccccc1)CN2. The fourth-order valence-corrected chi connectivity index (χ4v) is 2.54. The standard InChI is InChI=1S/C17H16N4O/c1-18-14-7-8-16-12(9-14)10-15(11-19-16)21-17(22)20-13-5-3-2-4-6-13/h2-9,15,19H,10-11H2,(H2,20,21,22)/t15-/m0/s1. The van der Waals surface area contributed by atoms with Gasteiger partial charge in [0, 0.05) is 17.9 Å². The Morgan fingerprint density at radius 1 is 1.23 bits per heavy atom. The lowest BCUT2D eigenvalue weighted by Gasteiger charge is -2.27. The van der Waals surface area contributed by atoms with Crippen LogP contribution in [0.25, 0.3) is 4.85 Å². The summed E-state index contributed by atoms with van der Waals surface area (Å²) >= 11 is 0. The van der Waals surface area contributed by atoms with E-state index in [-0.39, 0.29) is 12.1 Å². The number of benzene rings is 2. The van der Waals surface area contributed by atoms with Crippen LogP contribution in [0.4, 0.5) is 21.9 Å². The van der Waals surface area contributed by atoms with Crippen molar-refractivity contribution >= 4 is 23.1 Å². The minimum Gasteiger partial charge on any atom is -0.383 e. The number of carbonyl (C=O) groups excluding carboxylic acids is 1. The minimum atomic E-state index is -0.220. The number of nitrogens with zero attached hydrogens (tertiary/aromatic N) is 1. The van der Waals surface area contributed by atoms with Crippen LogP contribution >= 0.6 is 0 Å². The molecule has 5 nitrogen and oxygen atoms in total. The molecule has 1 heterocycles. The summed E-state index contributed by atoms with van der Waals surface area (Å²) in [4.78, 5) is 15.5. The second kappa shape index (κ2) is 6.19. The van der Waals surface area contributed by atoms with Crippen molar-refractivity contribution in [3.63, 3.8) is 0 Å². The summed E-state index contributed by atoms with van der Waals surface area (Å²) in [6.07, 6.45) is 0.716. The molecule has 0 unspecified atom stereocenters. The summed E-state index contributed by atoms with van der Waals surface area (Å²) in [5.74, 6) is 0. The van der Waals surface area contributed by atoms with Crippen LogP contribution in [0.3, 0.4) is 0 Å². The third kappa shape index (κ3) is 3.18. The van der Waals surface area contributed by atoms with Crippen molar-refractivity contribution in [2.45, 2.75) is 12.5 Å². The Kier molecular flexibility index (Phi) is 3.92. The summed E-state index contributed by atoms with van der Waals surface area (Å²) in [7, 11) is 0. The van der Waals surface area contributed by atoms with Crippen LogP contribution in [0.15, 0.2) is 48.5 Å². The molecule has 0 aromatic heterocycles. The van der Waals surface area contributed by atoms with Gasteiger partial charge in [0.05, 0.1) is 12.6 Å². The Morgan fingerprint density at radius 2 is 2.05 bits per heavy atom. The topological polar surface area (TPSA) is 57.5 Å². The molecule has 5 heteroatoms. The number of hydrogen-bond donors (Lipinski definition) is 3. The average Bonchev–Trinajstić information content (AvgIpc) is 2.55. The van der Waals surface area contributed by atoms with Gasteiger partial charge in [-0.15, -0.1) is 0 Å². The predicted octanol–water partition coefficient (Wildman–Crippen LogP) is 3.40. The fraction of sp³-hybridized carbons (Fsp3) is 0.176. The van der Waals surface area contributed by atoms with E-state index in [0.717, 1.165) is 16.9 Å². The Bertz CT molecular complexity index is 721. The molecule has 1 aliphatic heterocycles. The first-order chi connectivity index (χ1) is 10.7. The molecule has 0 bridgehead atoms. The van der Waals surface area contributed by atoms with Crippen molar-refractivity contribution in [2.75, 3.05) is 17.2 Å². The molecule has 0 radical (unpaired) electrons. The second-order valence-corrected chi connectivity index (χ2v) is 5.20. The number of anilines is 2. The molecule has 2 aromatic carbocycles. The third-order valence-corrected chi connectivity index (χ3v) is 3.59. The van der Waals surface area contributed by atoms with E-state index >= 15 is 0 Å². The first-order valence-electron chi connectivity index (χ1n) is 7.11. The number of carbonyl (C=O) groups is 1. The Morgan fingerprint density at radius 3 is 2.82 bits per heavy atom. The minimum absolute atomic E-state index is 0.00260. The van der Waals surface area contributed by atoms with Crippen LogP contribution in [0.2, 0.25) is 0 Å². The van der Waals surface area contributed by atoms with E-state index < -0.39 is 0 Å². The normalized spacial score (nSPS) is 15.9. The van der Waals surface area contributed by atoms with Crippen LogP contribution in [-0.4, -0.2) is 18.6 Å². The summed E-state index contributed by atoms with van der Waals surface area (Å²) in [6, 6.07) is 14.7. The molecular weight excluding hydrogens is 276 g/mol. The zero-order valence-corrected chi connectivity index (χ0v) is 12.0. The predicted molar refractivity (Wildman–Crippen MR) is 87.3 cm³/mol. The smallest absolute Gasteiger partial charge is 0.319 e. The van der Waals surface area contributed by atoms with Crippen LogP contribution in [0, 0.1) is 6.57 Å². The van der Waals surface area contributed by atoms with E-state index in [9.17, 15) is 4.79 Å². The van der Waals surface area contributed by atoms with Gasteiger partial charge in [-0.05, 0) is 30.2 Å². The van der Waals surface area contributed by atoms with Gasteiger partial charge >= 0.3 is 6.03 Å². The highest BCUT2D eigenvalue weighted by Gasteiger charge is 2.20. The summed E-state index contributed by atoms with van der Waals surface area (Å²) in [5, 5.41) is 9.05. The Balaban J connectivity index is 1.62. The quantitative estimate of drug-likeness (QED) is 0.743. The van der Waals surface area contributed by atoms with Gasteiger partial charge < -0.3 is 16.0 Å². The monoisotopic (exact) mass is 292 g/mol. The van der Waals surface area contributed by atoms with Crippen molar-refractivity contribution < 1.29 is 4.79 Å². The van der Waals surface area contributed by atoms with Gasteiger partial charge in [-0.2, -0.15) is 0 Å². The highest BCUT2D eigenvalue weighted by molar-refractivity contribution is 5.89. The summed E-state index contributed by atoms with van der Waals surface area (Å²) < 4.78 is 0. The van der Waals surface area contributed by atoms with E-state index in [4.69, 9.17) is 6.57 Å². The van der Waals surface area contributed by atoms with E-state index in [1.807, 2.05) is 42.5 Å². The van der Waals surface area contributed by atoms with Gasteiger partial charge in [0.1, 0.15) is 0 Å². The molecule has 110 valence electrons. The van der Waals surface area contributed by atoms with Gasteiger partial charge in [-0.25, -0.2) is 9.64 Å². The van der Waals surface area contributed by atoms with E-state index in [2.05, 4.69) is 20.8 Å². The van der Waals surface area contributed by atoms with Crippen molar-refractivity contribution in [1.29, 1.82) is 0 Å². The summed E-state index contributed by atoms with van der Waals surface area (Å²) in [5.41, 5.74) is 3.48. The molecule has 1 atom stereocenters. The molecule has 3 N–H and O–H groups in total. The Hall–Kier alpha value is -3.00. The van der Waals surface area contributed by atoms with E-state index in [0.29, 0.717) is 18.7 Å². The number of fused-ring (bicyclic) bond motifs is 1. The number of para-hydroxylation sites is 1. The number of nitrogens with one attached hydrogen (secondary N) is 3. The van der Waals surface area contributed by atoms with E-state index in [1.165, 1.54) is 0 Å². The van der Waals surface area contributed by atoms with Gasteiger partial charge in [0.2, 0.25) is 0 Å². The number of amides is 2. The fourth-order valence-electron chi connectivity index (χ4n) is 2.54. The molecule has 0 saturated carbocycles. The van der Waals surface area contributed by atoms with Crippen molar-refractivity contribution in [1.82, 2.24) is 5.32 Å². The molecular formula is C17H16N4O. The molecule has 1 aliphatic rings. The first-order valence-corrected chi connectivity index (χ1v) is 7.11. The molecule has 22 heavy (non-hydrogen) atoms. The van der Waals surface area contributed by atoms with Crippen LogP contribution in [0.1, 0.15) is 5.56 Å². The highest BCUT2D eigenvalue weighted by atomic mass is 16.2. The maximum absolute atomic E-state index is 12.0. The summed E-state index contributed by atoms with van der Waals surface area (Å²) in [6.45, 7) is 7.75. The largest absolute Gasteiger partial charge is 0.383 e. The molecule has 0 aliphatic carbocycles. The maximum atomic E-state index is 12.0. The lowest BCUT2D eigenvalue weighted by Crippen LogP contribution is -2.45. The van der Waals surface area contributed by atoms with Gasteiger partial charge in [0.15, 0.2) is 5.69 Å². The molecule has 0 spiro atoms. The number of urea groups is 1. The molecule has 3 rings (SSSR count). The third-order valence-electron chi connectivity index (χ3n) is 3.59. The molecule has 0 fully saturated rings. The maximum Gasteiger partial charge on any atom is 0.319 e. The van der Waals surface area contributed by atoms with Crippen LogP contribution in [0.5, 0.6) is 0 Å². The van der Waals surface area contributed by atoms with Crippen LogP contribution < -0.4 is 16.0 Å². The van der Waals surface area contributed by atoms with Gasteiger partial charge in [-0.1, -0.05) is 30.3 Å². The number of rotatable bonds is 2. The zero-order valence-electron chi connectivity index (χ0n) is 12.0. The first kappa shape index (κ1) is 14.0. The zero-order chi connectivity index (χ0) is 15.4. The van der Waals surface area contributed by atoms with Crippen LogP contribution in [-0.2, 0) is 6.42 Å². The molecule has 2 amide bonds. The lowest BCUT2D eigenvalue weighted by atomic mass is 9.99. The van der Waals surface area contributed by atoms with Gasteiger partial charge in [0.25, 0.3) is 0 Å². The number of hydrogen-bond acceptors (Lipinski definition) is 2. The van der Waals surface area contributed by atoms with Gasteiger partial charge in [-0.3, -0.25) is 0 Å². The second-order valence-electron chi connectivity index (χ2n) is 5.20. The van der Waals surface area contributed by atoms with Crippen molar-refractivity contribution in [3.05, 3.63) is 65.5 Å².